The molecular weight excluding hydrogens is 830 g/mol. The molecule has 3 aliphatic heterocycles. The maximum absolute atomic E-state index is 13.7. The minimum absolute atomic E-state index is 0.0478. The van der Waals surface area contributed by atoms with Gasteiger partial charge in [0.15, 0.2) is 0 Å². The molecule has 5 heterocycles. The third-order valence-electron chi connectivity index (χ3n) is 8.80. The van der Waals surface area contributed by atoms with Crippen molar-refractivity contribution >= 4 is 58.8 Å². The van der Waals surface area contributed by atoms with Crippen LogP contribution in [0.5, 0.6) is 0 Å². The van der Waals surface area contributed by atoms with Crippen LogP contribution in [-0.4, -0.2) is 87.7 Å². The number of anilines is 3. The number of imide groups is 2. The molecule has 0 bridgehead atoms. The number of hydrogen-bond acceptors (Lipinski definition) is 12. The second-order valence-corrected chi connectivity index (χ2v) is 15.1. The molecule has 2 aromatic heterocycles. The molecule has 1 atom stereocenters. The topological polar surface area (TPSA) is 175 Å². The lowest BCUT2D eigenvalue weighted by Gasteiger charge is -2.24. The lowest BCUT2D eigenvalue weighted by Crippen LogP contribution is -2.37. The quantitative estimate of drug-likeness (QED) is 0.0754. The zero-order chi connectivity index (χ0) is 44.6. The van der Waals surface area contributed by atoms with Gasteiger partial charge in [0, 0.05) is 49.5 Å². The number of carbonyl (C=O) groups is 5. The summed E-state index contributed by atoms with van der Waals surface area (Å²) in [5, 5.41) is 3.34. The molecular formula is C38H45ClF6N8O7. The number of carbonyl (C=O) groups excluding carboxylic acids is 5. The van der Waals surface area contributed by atoms with E-state index in [0.29, 0.717) is 43.1 Å². The van der Waals surface area contributed by atoms with Gasteiger partial charge in [0.1, 0.15) is 28.2 Å². The fourth-order valence-electron chi connectivity index (χ4n) is 5.87. The molecule has 22 heteroatoms. The Labute approximate surface area is 346 Å². The fraction of sp³-hybridized carbons (Fsp3) is 0.500. The molecule has 5 rings (SSSR count). The number of alkyl carbamates (subject to hydrolysis) is 1. The molecule has 0 aromatic carbocycles. The zero-order valence-corrected chi connectivity index (χ0v) is 34.1. The van der Waals surface area contributed by atoms with E-state index in [9.17, 15) is 50.3 Å². The number of unbranched alkanes of at least 4 members (excludes halogenated alkanes) is 3. The van der Waals surface area contributed by atoms with Crippen LogP contribution in [-0.2, 0) is 41.0 Å². The summed E-state index contributed by atoms with van der Waals surface area (Å²) in [6, 6.07) is 3.69. The van der Waals surface area contributed by atoms with Gasteiger partial charge in [-0.15, -0.1) is 0 Å². The van der Waals surface area contributed by atoms with Crippen LogP contribution in [0.15, 0.2) is 47.6 Å². The normalized spacial score (nSPS) is 17.1. The summed E-state index contributed by atoms with van der Waals surface area (Å²) in [6.45, 7) is 10.1. The van der Waals surface area contributed by atoms with Crippen LogP contribution in [0.2, 0.25) is 5.15 Å². The number of aromatic nitrogens is 2. The lowest BCUT2D eigenvalue weighted by molar-refractivity contribution is -0.138. The summed E-state index contributed by atoms with van der Waals surface area (Å²) in [6.07, 6.45) is -3.35. The summed E-state index contributed by atoms with van der Waals surface area (Å²) in [5.74, 6) is -2.85. The summed E-state index contributed by atoms with van der Waals surface area (Å²) in [4.78, 5) is 68.2. The highest BCUT2D eigenvalue weighted by Gasteiger charge is 2.39. The summed E-state index contributed by atoms with van der Waals surface area (Å²) >= 11 is 5.46. The Kier molecular flexibility index (Phi) is 15.5. The maximum atomic E-state index is 13.7. The van der Waals surface area contributed by atoms with E-state index < -0.39 is 64.0 Å². The molecule has 1 unspecified atom stereocenters. The second kappa shape index (κ2) is 19.7. The molecule has 0 radical (unpaired) electrons. The van der Waals surface area contributed by atoms with Gasteiger partial charge in [-0.1, -0.05) is 31.4 Å². The van der Waals surface area contributed by atoms with E-state index in [4.69, 9.17) is 21.1 Å². The molecule has 0 saturated carbocycles. The van der Waals surface area contributed by atoms with E-state index in [2.05, 4.69) is 26.1 Å². The van der Waals surface area contributed by atoms with Crippen molar-refractivity contribution in [2.45, 2.75) is 97.2 Å². The Morgan fingerprint density at radius 3 is 1.97 bits per heavy atom. The number of nitrogens with one attached hydrogen (secondary N) is 3. The predicted octanol–water partition coefficient (Wildman–Crippen LogP) is 7.21. The molecule has 2 aromatic rings. The van der Waals surface area contributed by atoms with Crippen molar-refractivity contribution in [3.8, 4) is 0 Å². The second-order valence-electron chi connectivity index (χ2n) is 14.7. The third-order valence-corrected chi connectivity index (χ3v) is 9.09. The molecule has 3 N–H and O–H groups in total. The van der Waals surface area contributed by atoms with Gasteiger partial charge in [-0.05, 0) is 77.6 Å². The van der Waals surface area contributed by atoms with Crippen LogP contribution in [0.3, 0.4) is 0 Å². The van der Waals surface area contributed by atoms with Crippen molar-refractivity contribution in [3.63, 3.8) is 0 Å². The number of halogens is 7. The minimum Gasteiger partial charge on any atom is -0.444 e. The highest BCUT2D eigenvalue weighted by atomic mass is 35.5. The van der Waals surface area contributed by atoms with Crippen LogP contribution in [0.1, 0.15) is 84.3 Å². The summed E-state index contributed by atoms with van der Waals surface area (Å²) in [5.41, 5.74) is 2.85. The van der Waals surface area contributed by atoms with E-state index in [-0.39, 0.29) is 35.7 Å². The highest BCUT2D eigenvalue weighted by molar-refractivity contribution is 6.30. The number of amides is 5. The van der Waals surface area contributed by atoms with Gasteiger partial charge in [0.2, 0.25) is 0 Å². The van der Waals surface area contributed by atoms with E-state index in [1.165, 1.54) is 11.8 Å². The average molecular weight is 875 g/mol. The van der Waals surface area contributed by atoms with Gasteiger partial charge in [-0.2, -0.15) is 36.4 Å². The van der Waals surface area contributed by atoms with Crippen LogP contribution in [0, 0.1) is 0 Å². The molecule has 1 saturated heterocycles. The van der Waals surface area contributed by atoms with E-state index in [0.717, 1.165) is 67.1 Å². The third kappa shape index (κ3) is 13.0. The molecule has 15 nitrogen and oxygen atoms in total. The van der Waals surface area contributed by atoms with Crippen molar-refractivity contribution in [2.75, 3.05) is 42.0 Å². The van der Waals surface area contributed by atoms with Gasteiger partial charge in [0.05, 0.1) is 17.2 Å². The maximum Gasteiger partial charge on any atom is 0.419 e. The summed E-state index contributed by atoms with van der Waals surface area (Å²) in [7, 11) is 0. The molecule has 60 heavy (non-hydrogen) atoms. The molecule has 3 aliphatic rings. The summed E-state index contributed by atoms with van der Waals surface area (Å²) < 4.78 is 89.9. The number of nitrogens with zero attached hydrogens (tertiary/aromatic N) is 5. The zero-order valence-electron chi connectivity index (χ0n) is 33.4. The van der Waals surface area contributed by atoms with Gasteiger partial charge < -0.3 is 19.7 Å². The van der Waals surface area contributed by atoms with Gasteiger partial charge in [-0.3, -0.25) is 30.0 Å². The highest BCUT2D eigenvalue weighted by Crippen LogP contribution is 2.38. The average Bonchev–Trinajstić information content (AvgIpc) is 3.79. The van der Waals surface area contributed by atoms with Gasteiger partial charge in [0.25, 0.3) is 23.6 Å². The largest absolute Gasteiger partial charge is 0.444 e. The van der Waals surface area contributed by atoms with E-state index in [1.54, 1.807) is 27.7 Å². The Bertz CT molecular complexity index is 2000. The SMILES string of the molecule is CC1=CC(=O)N(Nc2ccc(C(F)(F)F)c(N3CCC(OCCCCCCNC(=O)OC(C)(C)C)C3)n2)C1=O.CCC1=CC(=O)N(Nc2ccc(C(F)(F)F)c(Cl)n2)C1=O. The van der Waals surface area contributed by atoms with Crippen molar-refractivity contribution in [2.24, 2.45) is 0 Å². The number of rotatable bonds is 14. The molecule has 0 spiro atoms. The van der Waals surface area contributed by atoms with E-state index in [1.807, 2.05) is 0 Å². The Morgan fingerprint density at radius 2 is 1.42 bits per heavy atom. The predicted molar refractivity (Wildman–Crippen MR) is 206 cm³/mol. The van der Waals surface area contributed by atoms with Gasteiger partial charge in [-0.25, -0.2) is 14.8 Å². The minimum atomic E-state index is -4.63. The van der Waals surface area contributed by atoms with Crippen molar-refractivity contribution in [3.05, 3.63) is 63.8 Å². The molecule has 5 amide bonds. The number of hydrogen-bond donors (Lipinski definition) is 3. The van der Waals surface area contributed by atoms with Crippen LogP contribution in [0.4, 0.5) is 48.6 Å². The van der Waals surface area contributed by atoms with Crippen LogP contribution >= 0.6 is 11.6 Å². The Hall–Kier alpha value is -5.44. The van der Waals surface area contributed by atoms with Crippen molar-refractivity contribution in [1.82, 2.24) is 25.3 Å². The first-order valence-corrected chi connectivity index (χ1v) is 19.2. The Morgan fingerprint density at radius 1 is 0.833 bits per heavy atom. The van der Waals surface area contributed by atoms with Crippen molar-refractivity contribution in [1.29, 1.82) is 0 Å². The van der Waals surface area contributed by atoms with Crippen LogP contribution in [0.25, 0.3) is 0 Å². The standard InChI is InChI=1S/C26H36F3N5O5.C12H9ClF3N3O2/c1-17-15-21(35)34(23(17)36)32-20-10-9-19(26(27,28)29)22(31-20)33-13-11-18(16-33)38-14-8-6-5-7-12-30-24(37)39-25(2,3)4;1-2-6-5-9(20)19(11(6)21)18-8-4-3-7(10(13)17-8)12(14,15)16/h9-10,15,18H,5-8,11-14,16H2,1-4H3,(H,30,37)(H,31,32);3-5H,2H2,1H3,(H,17,18). The lowest BCUT2D eigenvalue weighted by atomic mass is 10.2. The first-order valence-electron chi connectivity index (χ1n) is 18.8. The number of pyridine rings is 2. The monoisotopic (exact) mass is 874 g/mol. The number of alkyl halides is 6. The Balaban J connectivity index is 0.000000317. The number of hydrazine groups is 2. The van der Waals surface area contributed by atoms with Gasteiger partial charge >= 0.3 is 18.4 Å². The van der Waals surface area contributed by atoms with Crippen LogP contribution < -0.4 is 21.1 Å². The first-order chi connectivity index (χ1) is 28.0. The number of ether oxygens (including phenoxy) is 2. The molecule has 328 valence electrons. The molecule has 1 fully saturated rings. The van der Waals surface area contributed by atoms with Crippen molar-refractivity contribution < 1.29 is 59.8 Å². The molecule has 0 aliphatic carbocycles. The first kappa shape index (κ1) is 47.2. The van der Waals surface area contributed by atoms with E-state index >= 15 is 0 Å². The smallest absolute Gasteiger partial charge is 0.419 e. The fourth-order valence-corrected chi connectivity index (χ4v) is 6.14.